The molecular weight excluding hydrogens is 353 g/mol. The highest BCUT2D eigenvalue weighted by atomic mass is 32.1. The quantitative estimate of drug-likeness (QED) is 0.304. The second-order valence-electron chi connectivity index (χ2n) is 4.59. The van der Waals surface area contributed by atoms with Gasteiger partial charge in [-0.1, -0.05) is 30.3 Å². The van der Waals surface area contributed by atoms with Gasteiger partial charge in [0.2, 0.25) is 5.78 Å². The number of thiophene rings is 1. The Balaban J connectivity index is 2.53. The first-order valence-electron chi connectivity index (χ1n) is 7.20. The van der Waals surface area contributed by atoms with Gasteiger partial charge in [0.1, 0.15) is 0 Å². The maximum atomic E-state index is 12.9. The van der Waals surface area contributed by atoms with Gasteiger partial charge in [-0.25, -0.2) is 0 Å². The van der Waals surface area contributed by atoms with Crippen molar-refractivity contribution in [1.29, 1.82) is 0 Å². The maximum absolute atomic E-state index is 12.9. The number of ketones is 1. The van der Waals surface area contributed by atoms with Crippen molar-refractivity contribution in [1.82, 2.24) is 0 Å². The molecule has 0 radical (unpaired) electrons. The molecule has 0 bridgehead atoms. The number of hydrogen-bond donors (Lipinski definition) is 0. The fraction of sp³-hybridized carbons (Fsp3) is 0.267. The molecule has 0 saturated carbocycles. The lowest BCUT2D eigenvalue weighted by molar-refractivity contribution is -0.383. The van der Waals surface area contributed by atoms with E-state index in [9.17, 15) is 19.5 Å². The third-order valence-corrected chi connectivity index (χ3v) is 6.79. The lowest BCUT2D eigenvalue weighted by Crippen LogP contribution is -2.10. The van der Waals surface area contributed by atoms with Gasteiger partial charge in [-0.2, -0.15) is 0 Å². The van der Waals surface area contributed by atoms with Crippen molar-refractivity contribution >= 4 is 35.0 Å². The van der Waals surface area contributed by atoms with E-state index in [4.69, 9.17) is 9.05 Å². The predicted octanol–water partition coefficient (Wildman–Crippen LogP) is 3.78. The highest BCUT2D eigenvalue weighted by Gasteiger charge is 2.38. The van der Waals surface area contributed by atoms with Gasteiger partial charge in [-0.05, 0) is 13.8 Å². The highest BCUT2D eigenvalue weighted by Crippen LogP contribution is 2.51. The second kappa shape index (κ2) is 7.81. The van der Waals surface area contributed by atoms with Gasteiger partial charge in [-0.3, -0.25) is 19.5 Å². The molecule has 0 aliphatic carbocycles. The summed E-state index contributed by atoms with van der Waals surface area (Å²) in [5.74, 6) is -0.380. The van der Waals surface area contributed by atoms with Crippen LogP contribution in [0.4, 0.5) is 5.69 Å². The first-order valence-corrected chi connectivity index (χ1v) is 9.56. The molecule has 1 aromatic heterocycles. The molecule has 24 heavy (non-hydrogen) atoms. The first-order chi connectivity index (χ1) is 11.4. The molecule has 2 aromatic rings. The molecule has 0 aliphatic heterocycles. The van der Waals surface area contributed by atoms with Crippen molar-refractivity contribution in [3.8, 4) is 0 Å². The van der Waals surface area contributed by atoms with Crippen molar-refractivity contribution in [2.24, 2.45) is 0 Å². The molecule has 0 amide bonds. The topological polar surface area (TPSA) is 95.7 Å². The Bertz CT molecular complexity index is 779. The smallest absolute Gasteiger partial charge is 0.305 e. The monoisotopic (exact) mass is 369 g/mol. The van der Waals surface area contributed by atoms with Crippen LogP contribution >= 0.6 is 18.9 Å². The molecule has 0 atom stereocenters. The van der Waals surface area contributed by atoms with Crippen molar-refractivity contribution < 1.29 is 23.3 Å². The molecule has 0 N–H and O–H groups in total. The molecule has 1 heterocycles. The summed E-state index contributed by atoms with van der Waals surface area (Å²) >= 11 is 0.773. The van der Waals surface area contributed by atoms with Gasteiger partial charge < -0.3 is 9.05 Å². The number of nitrogens with zero attached hydrogens (tertiary/aromatic N) is 1. The Morgan fingerprint density at radius 2 is 1.79 bits per heavy atom. The summed E-state index contributed by atoms with van der Waals surface area (Å²) in [4.78, 5) is 23.2. The van der Waals surface area contributed by atoms with Crippen LogP contribution in [0.3, 0.4) is 0 Å². The molecule has 9 heteroatoms. The molecule has 2 rings (SSSR count). The Morgan fingerprint density at radius 1 is 1.21 bits per heavy atom. The summed E-state index contributed by atoms with van der Waals surface area (Å²) in [6, 6.07) is 9.50. The Hall–Kier alpha value is -1.86. The summed E-state index contributed by atoms with van der Waals surface area (Å²) < 4.78 is 23.1. The lowest BCUT2D eigenvalue weighted by Gasteiger charge is -2.14. The zero-order chi connectivity index (χ0) is 17.7. The van der Waals surface area contributed by atoms with Crippen LogP contribution in [0.5, 0.6) is 0 Å². The van der Waals surface area contributed by atoms with E-state index >= 15 is 0 Å². The SMILES string of the molecule is CCOP(=O)(OCC)c1sc(C(=O)c2ccccc2)cc1[N+](=O)[O-]. The molecule has 0 spiro atoms. The summed E-state index contributed by atoms with van der Waals surface area (Å²) in [7, 11) is -3.85. The lowest BCUT2D eigenvalue weighted by atomic mass is 10.1. The van der Waals surface area contributed by atoms with E-state index in [1.165, 1.54) is 0 Å². The minimum atomic E-state index is -3.85. The fourth-order valence-electron chi connectivity index (χ4n) is 2.04. The third-order valence-electron chi connectivity index (χ3n) is 3.00. The zero-order valence-corrected chi connectivity index (χ0v) is 14.8. The summed E-state index contributed by atoms with van der Waals surface area (Å²) in [6.07, 6.45) is 0. The maximum Gasteiger partial charge on any atom is 0.378 e. The normalized spacial score (nSPS) is 11.4. The molecule has 128 valence electrons. The van der Waals surface area contributed by atoms with E-state index < -0.39 is 18.2 Å². The van der Waals surface area contributed by atoms with Crippen molar-refractivity contribution in [3.63, 3.8) is 0 Å². The number of carbonyl (C=O) groups is 1. The van der Waals surface area contributed by atoms with Crippen molar-refractivity contribution in [2.45, 2.75) is 13.8 Å². The molecule has 7 nitrogen and oxygen atoms in total. The minimum Gasteiger partial charge on any atom is -0.305 e. The molecule has 0 fully saturated rings. The number of carbonyl (C=O) groups excluding carboxylic acids is 1. The third kappa shape index (κ3) is 3.79. The van der Waals surface area contributed by atoms with Crippen molar-refractivity contribution in [3.05, 3.63) is 57.0 Å². The largest absolute Gasteiger partial charge is 0.378 e. The molecule has 0 aliphatic rings. The van der Waals surface area contributed by atoms with Crippen LogP contribution in [0.1, 0.15) is 29.1 Å². The number of hydrogen-bond acceptors (Lipinski definition) is 7. The number of nitro groups is 1. The van der Waals surface area contributed by atoms with Crippen LogP contribution < -0.4 is 4.62 Å². The fourth-order valence-corrected chi connectivity index (χ4v) is 5.34. The Labute approximate surface area is 142 Å². The number of rotatable bonds is 8. The molecular formula is C15H16NO6PS. The van der Waals surface area contributed by atoms with Gasteiger partial charge in [0.05, 0.1) is 23.0 Å². The Morgan fingerprint density at radius 3 is 2.29 bits per heavy atom. The first kappa shape index (κ1) is 18.5. The van der Waals surface area contributed by atoms with E-state index in [0.717, 1.165) is 17.4 Å². The highest BCUT2D eigenvalue weighted by molar-refractivity contribution is 7.69. The molecule has 1 aromatic carbocycles. The predicted molar refractivity (Wildman–Crippen MR) is 91.3 cm³/mol. The Kier molecular flexibility index (Phi) is 6.01. The summed E-state index contributed by atoms with van der Waals surface area (Å²) in [5, 5.41) is 11.3. The van der Waals surface area contributed by atoms with Gasteiger partial charge >= 0.3 is 7.60 Å². The zero-order valence-electron chi connectivity index (χ0n) is 13.1. The van der Waals surface area contributed by atoms with Crippen LogP contribution in [0.15, 0.2) is 36.4 Å². The minimum absolute atomic E-state index is 0.0638. The van der Waals surface area contributed by atoms with Gasteiger partial charge in [0.25, 0.3) is 5.69 Å². The van der Waals surface area contributed by atoms with E-state index in [0.29, 0.717) is 5.56 Å². The van der Waals surface area contributed by atoms with Gasteiger partial charge in [0.15, 0.2) is 4.62 Å². The van der Waals surface area contributed by atoms with E-state index in [-0.39, 0.29) is 28.5 Å². The molecule has 0 unspecified atom stereocenters. The van der Waals surface area contributed by atoms with Crippen LogP contribution in [0.2, 0.25) is 0 Å². The summed E-state index contributed by atoms with van der Waals surface area (Å²) in [6.45, 7) is 3.35. The van der Waals surface area contributed by atoms with Crippen molar-refractivity contribution in [2.75, 3.05) is 13.2 Å². The molecule has 0 saturated heterocycles. The van der Waals surface area contributed by atoms with Gasteiger partial charge in [-0.15, -0.1) is 11.3 Å². The number of benzene rings is 1. The van der Waals surface area contributed by atoms with Crippen LogP contribution in [-0.2, 0) is 13.6 Å². The average molecular weight is 369 g/mol. The second-order valence-corrected chi connectivity index (χ2v) is 7.90. The van der Waals surface area contributed by atoms with Gasteiger partial charge in [0, 0.05) is 11.6 Å². The van der Waals surface area contributed by atoms with E-state index in [2.05, 4.69) is 0 Å². The van der Waals surface area contributed by atoms with E-state index in [1.54, 1.807) is 44.2 Å². The van der Waals surface area contributed by atoms with E-state index in [1.807, 2.05) is 0 Å². The average Bonchev–Trinajstić information content (AvgIpc) is 3.02. The summed E-state index contributed by atoms with van der Waals surface area (Å²) in [5.41, 5.74) is -0.0348. The standard InChI is InChI=1S/C15H16NO6PS/c1-3-21-23(20,22-4-2)15-12(16(18)19)10-13(24-15)14(17)11-8-6-5-7-9-11/h5-10H,3-4H2,1-2H3. The van der Waals surface area contributed by atoms with Crippen LogP contribution in [0.25, 0.3) is 0 Å². The van der Waals surface area contributed by atoms with Crippen LogP contribution in [-0.4, -0.2) is 23.9 Å². The van der Waals surface area contributed by atoms with Crippen LogP contribution in [0, 0.1) is 10.1 Å².